The first-order valence-electron chi connectivity index (χ1n) is 4.09. The third kappa shape index (κ3) is 9.95. The van der Waals surface area contributed by atoms with Gasteiger partial charge >= 0.3 is 6.18 Å². The van der Waals surface area contributed by atoms with Crippen molar-refractivity contribution in [2.24, 2.45) is 5.41 Å². The van der Waals surface area contributed by atoms with E-state index in [1.807, 2.05) is 0 Å². The molecule has 0 aliphatic rings. The summed E-state index contributed by atoms with van der Waals surface area (Å²) < 4.78 is 57.1. The van der Waals surface area contributed by atoms with Gasteiger partial charge in [-0.25, -0.2) is 8.42 Å². The summed E-state index contributed by atoms with van der Waals surface area (Å²) in [7, 11) is -3.83. The monoisotopic (exact) mass is 249 g/mol. The number of hydrogen-bond donors (Lipinski definition) is 1. The molecule has 0 heterocycles. The third-order valence-electron chi connectivity index (χ3n) is 1.04. The van der Waals surface area contributed by atoms with Crippen molar-refractivity contribution in [3.8, 4) is 0 Å². The molecule has 0 saturated carbocycles. The predicted molar refractivity (Wildman–Crippen MR) is 48.4 cm³/mol. The molecule has 0 atom stereocenters. The van der Waals surface area contributed by atoms with E-state index in [0.717, 1.165) is 0 Å². The van der Waals surface area contributed by atoms with Crippen molar-refractivity contribution < 1.29 is 26.4 Å². The molecule has 0 spiro atoms. The summed E-state index contributed by atoms with van der Waals surface area (Å²) in [5.74, 6) is -0.308. The maximum absolute atomic E-state index is 11.6. The van der Waals surface area contributed by atoms with Crippen molar-refractivity contribution in [1.29, 1.82) is 0 Å². The van der Waals surface area contributed by atoms with Crippen LogP contribution in [-0.4, -0.2) is 27.0 Å². The molecule has 0 aromatic carbocycles. The molecule has 0 rings (SSSR count). The number of alkyl halides is 3. The van der Waals surface area contributed by atoms with Gasteiger partial charge in [-0.3, -0.25) is 4.84 Å². The van der Waals surface area contributed by atoms with Gasteiger partial charge in [0.05, 0.1) is 5.75 Å². The molecule has 0 aliphatic carbocycles. The van der Waals surface area contributed by atoms with Crippen molar-refractivity contribution in [3.63, 3.8) is 0 Å². The number of rotatable bonds is 4. The Kier molecular flexibility index (Phi) is 4.56. The fraction of sp³-hybridized carbons (Fsp3) is 1.00. The summed E-state index contributed by atoms with van der Waals surface area (Å²) >= 11 is 0. The van der Waals surface area contributed by atoms with Crippen LogP contribution in [0, 0.1) is 5.41 Å². The quantitative estimate of drug-likeness (QED) is 0.767. The third-order valence-corrected chi connectivity index (χ3v) is 2.66. The van der Waals surface area contributed by atoms with E-state index in [2.05, 4.69) is 4.84 Å². The minimum atomic E-state index is -4.55. The van der Waals surface area contributed by atoms with E-state index in [9.17, 15) is 21.6 Å². The van der Waals surface area contributed by atoms with Crippen LogP contribution in [-0.2, 0) is 14.9 Å². The second-order valence-electron chi connectivity index (χ2n) is 4.31. The van der Waals surface area contributed by atoms with Gasteiger partial charge in [0.15, 0.2) is 6.61 Å². The molecule has 0 amide bonds. The van der Waals surface area contributed by atoms with E-state index in [1.165, 1.54) is 4.89 Å². The zero-order valence-electron chi connectivity index (χ0n) is 8.68. The lowest BCUT2D eigenvalue weighted by Crippen LogP contribution is -2.35. The highest BCUT2D eigenvalue weighted by Crippen LogP contribution is 2.16. The molecular formula is C7H14F3NO3S. The minimum absolute atomic E-state index is 0.308. The summed E-state index contributed by atoms with van der Waals surface area (Å²) in [6, 6.07) is 0. The van der Waals surface area contributed by atoms with Gasteiger partial charge in [0.25, 0.3) is 0 Å². The van der Waals surface area contributed by atoms with Gasteiger partial charge in [-0.05, 0) is 5.41 Å². The van der Waals surface area contributed by atoms with Crippen molar-refractivity contribution in [1.82, 2.24) is 4.89 Å². The largest absolute Gasteiger partial charge is 0.413 e. The van der Waals surface area contributed by atoms with Gasteiger partial charge < -0.3 is 0 Å². The highest BCUT2D eigenvalue weighted by atomic mass is 32.2. The average Bonchev–Trinajstić information content (AvgIpc) is 1.75. The Bertz CT molecular complexity index is 292. The van der Waals surface area contributed by atoms with Crippen LogP contribution in [0.4, 0.5) is 13.2 Å². The molecular weight excluding hydrogens is 235 g/mol. The van der Waals surface area contributed by atoms with Crippen molar-refractivity contribution in [2.75, 3.05) is 12.4 Å². The maximum atomic E-state index is 11.6. The van der Waals surface area contributed by atoms with E-state index < -0.39 is 28.2 Å². The Labute approximate surface area is 86.8 Å². The van der Waals surface area contributed by atoms with Crippen LogP contribution in [0.2, 0.25) is 0 Å². The summed E-state index contributed by atoms with van der Waals surface area (Å²) in [4.78, 5) is 5.27. The molecule has 92 valence electrons. The van der Waals surface area contributed by atoms with Gasteiger partial charge in [-0.1, -0.05) is 25.7 Å². The van der Waals surface area contributed by atoms with Gasteiger partial charge in [0, 0.05) is 0 Å². The lowest BCUT2D eigenvalue weighted by molar-refractivity contribution is -0.181. The highest BCUT2D eigenvalue weighted by molar-refractivity contribution is 7.89. The van der Waals surface area contributed by atoms with Crippen LogP contribution in [0.15, 0.2) is 0 Å². The number of sulfonamides is 1. The van der Waals surface area contributed by atoms with E-state index >= 15 is 0 Å². The molecule has 1 N–H and O–H groups in total. The lowest BCUT2D eigenvalue weighted by Gasteiger charge is -2.18. The number of nitrogens with one attached hydrogen (secondary N) is 1. The van der Waals surface area contributed by atoms with Gasteiger partial charge in [0.2, 0.25) is 10.0 Å². The van der Waals surface area contributed by atoms with Gasteiger partial charge in [-0.2, -0.15) is 13.2 Å². The topological polar surface area (TPSA) is 55.4 Å². The summed E-state index contributed by atoms with van der Waals surface area (Å²) in [6.07, 6.45) is -4.55. The molecule has 0 fully saturated rings. The molecule has 0 unspecified atom stereocenters. The van der Waals surface area contributed by atoms with E-state index in [0.29, 0.717) is 0 Å². The SMILES string of the molecule is CC(C)(C)CS(=O)(=O)NOCC(F)(F)F. The predicted octanol–water partition coefficient (Wildman–Crippen LogP) is 1.45. The van der Waals surface area contributed by atoms with Gasteiger partial charge in [0.1, 0.15) is 0 Å². The van der Waals surface area contributed by atoms with Gasteiger partial charge in [-0.15, -0.1) is 0 Å². The Balaban J connectivity index is 4.08. The summed E-state index contributed by atoms with van der Waals surface area (Å²) in [5.41, 5.74) is -0.548. The summed E-state index contributed by atoms with van der Waals surface area (Å²) in [6.45, 7) is 3.30. The zero-order valence-corrected chi connectivity index (χ0v) is 9.50. The highest BCUT2D eigenvalue weighted by Gasteiger charge is 2.29. The normalized spacial score (nSPS) is 14.3. The molecule has 0 aliphatic heterocycles. The molecule has 15 heavy (non-hydrogen) atoms. The molecule has 8 heteroatoms. The van der Waals surface area contributed by atoms with E-state index in [4.69, 9.17) is 0 Å². The fourth-order valence-electron chi connectivity index (χ4n) is 0.801. The smallest absolute Gasteiger partial charge is 0.278 e. The fourth-order valence-corrected chi connectivity index (χ4v) is 2.24. The molecule has 0 aromatic heterocycles. The second-order valence-corrected chi connectivity index (χ2v) is 5.99. The Morgan fingerprint density at radius 2 is 1.67 bits per heavy atom. The Hall–Kier alpha value is -0.340. The second kappa shape index (κ2) is 4.67. The first-order chi connectivity index (χ1) is 6.41. The van der Waals surface area contributed by atoms with Crippen LogP contribution < -0.4 is 4.89 Å². The van der Waals surface area contributed by atoms with Crippen LogP contribution in [0.25, 0.3) is 0 Å². The Morgan fingerprint density at radius 3 is 2.00 bits per heavy atom. The van der Waals surface area contributed by atoms with Crippen LogP contribution in [0.1, 0.15) is 20.8 Å². The molecule has 4 nitrogen and oxygen atoms in total. The minimum Gasteiger partial charge on any atom is -0.278 e. The van der Waals surface area contributed by atoms with Crippen molar-refractivity contribution >= 4 is 10.0 Å². The summed E-state index contributed by atoms with van der Waals surface area (Å²) in [5, 5.41) is 0. The average molecular weight is 249 g/mol. The van der Waals surface area contributed by atoms with Crippen molar-refractivity contribution in [2.45, 2.75) is 26.9 Å². The van der Waals surface area contributed by atoms with Crippen LogP contribution in [0.5, 0.6) is 0 Å². The molecule has 0 bridgehead atoms. The molecule has 0 radical (unpaired) electrons. The van der Waals surface area contributed by atoms with E-state index in [1.54, 1.807) is 20.8 Å². The number of halogens is 3. The van der Waals surface area contributed by atoms with E-state index in [-0.39, 0.29) is 5.75 Å². The number of hydrogen-bond acceptors (Lipinski definition) is 3. The first kappa shape index (κ1) is 14.7. The van der Waals surface area contributed by atoms with Crippen LogP contribution in [0.3, 0.4) is 0 Å². The zero-order chi connectivity index (χ0) is 12.3. The van der Waals surface area contributed by atoms with Crippen molar-refractivity contribution in [3.05, 3.63) is 0 Å². The first-order valence-corrected chi connectivity index (χ1v) is 5.75. The molecule has 0 aromatic rings. The Morgan fingerprint density at radius 1 is 1.20 bits per heavy atom. The molecule has 0 saturated heterocycles. The standard InChI is InChI=1S/C7H14F3NO3S/c1-6(2,3)5-15(12,13)11-14-4-7(8,9)10/h11H,4-5H2,1-3H3. The maximum Gasteiger partial charge on any atom is 0.413 e. The lowest BCUT2D eigenvalue weighted by atomic mass is 10.0. The van der Waals surface area contributed by atoms with Crippen LogP contribution >= 0.6 is 0 Å².